The molecule has 0 spiro atoms. The molecule has 21 heavy (non-hydrogen) atoms. The molecule has 1 aliphatic heterocycles. The van der Waals surface area contributed by atoms with E-state index in [1.807, 2.05) is 0 Å². The fourth-order valence-electron chi connectivity index (χ4n) is 2.09. The SMILES string of the molecule is CC(C)(C)OC(=O)NCC(=O)c1c(N)nn2c1NCCC2. The van der Waals surface area contributed by atoms with Crippen LogP contribution in [-0.2, 0) is 11.3 Å². The van der Waals surface area contributed by atoms with Crippen LogP contribution in [0, 0.1) is 0 Å². The first kappa shape index (κ1) is 15.1. The Morgan fingerprint density at radius 2 is 2.19 bits per heavy atom. The Bertz CT molecular complexity index is 559. The van der Waals surface area contributed by atoms with E-state index in [-0.39, 0.29) is 18.1 Å². The van der Waals surface area contributed by atoms with Gasteiger partial charge in [-0.05, 0) is 27.2 Å². The molecule has 1 aliphatic rings. The summed E-state index contributed by atoms with van der Waals surface area (Å²) in [5, 5.41) is 9.67. The Morgan fingerprint density at radius 1 is 1.48 bits per heavy atom. The van der Waals surface area contributed by atoms with Gasteiger partial charge in [-0.15, -0.1) is 0 Å². The Morgan fingerprint density at radius 3 is 2.86 bits per heavy atom. The number of nitrogens with zero attached hydrogens (tertiary/aromatic N) is 2. The largest absolute Gasteiger partial charge is 0.444 e. The van der Waals surface area contributed by atoms with Gasteiger partial charge in [-0.1, -0.05) is 0 Å². The number of aromatic nitrogens is 2. The molecule has 0 bridgehead atoms. The van der Waals surface area contributed by atoms with Crippen molar-refractivity contribution in [3.8, 4) is 0 Å². The number of hydrogen-bond donors (Lipinski definition) is 3. The maximum atomic E-state index is 12.2. The molecule has 0 radical (unpaired) electrons. The highest BCUT2D eigenvalue weighted by Crippen LogP contribution is 2.25. The molecular formula is C13H21N5O3. The number of Topliss-reactive ketones (excluding diaryl/α,β-unsaturated/α-hetero) is 1. The van der Waals surface area contributed by atoms with Crippen LogP contribution >= 0.6 is 0 Å². The van der Waals surface area contributed by atoms with E-state index in [0.717, 1.165) is 19.5 Å². The van der Waals surface area contributed by atoms with E-state index in [1.165, 1.54) is 0 Å². The zero-order valence-corrected chi connectivity index (χ0v) is 12.5. The van der Waals surface area contributed by atoms with Gasteiger partial charge in [0.25, 0.3) is 0 Å². The highest BCUT2D eigenvalue weighted by Gasteiger charge is 2.25. The summed E-state index contributed by atoms with van der Waals surface area (Å²) in [4.78, 5) is 23.8. The summed E-state index contributed by atoms with van der Waals surface area (Å²) in [6.45, 7) is 6.57. The first-order valence-corrected chi connectivity index (χ1v) is 6.88. The minimum atomic E-state index is -0.636. The number of carbonyl (C=O) groups is 2. The Balaban J connectivity index is 2.01. The Hall–Kier alpha value is -2.25. The van der Waals surface area contributed by atoms with Crippen molar-refractivity contribution in [1.29, 1.82) is 0 Å². The number of ether oxygens (including phenoxy) is 1. The molecule has 0 fully saturated rings. The third-order valence-corrected chi connectivity index (χ3v) is 2.89. The third-order valence-electron chi connectivity index (χ3n) is 2.89. The summed E-state index contributed by atoms with van der Waals surface area (Å²) in [5.74, 6) is 0.499. The number of rotatable bonds is 3. The van der Waals surface area contributed by atoms with Gasteiger partial charge in [-0.25, -0.2) is 9.48 Å². The summed E-state index contributed by atoms with van der Waals surface area (Å²) < 4.78 is 6.76. The highest BCUT2D eigenvalue weighted by atomic mass is 16.6. The zero-order chi connectivity index (χ0) is 15.6. The Kier molecular flexibility index (Phi) is 4.06. The molecule has 0 atom stereocenters. The number of carbonyl (C=O) groups excluding carboxylic acids is 2. The molecule has 0 saturated heterocycles. The molecule has 0 unspecified atom stereocenters. The first-order valence-electron chi connectivity index (χ1n) is 6.88. The number of fused-ring (bicyclic) bond motifs is 1. The van der Waals surface area contributed by atoms with Gasteiger partial charge in [0.15, 0.2) is 11.6 Å². The molecule has 4 N–H and O–H groups in total. The molecule has 8 heteroatoms. The lowest BCUT2D eigenvalue weighted by molar-refractivity contribution is 0.0520. The molecular weight excluding hydrogens is 274 g/mol. The molecule has 2 rings (SSSR count). The second kappa shape index (κ2) is 5.63. The molecule has 1 amide bonds. The summed E-state index contributed by atoms with van der Waals surface area (Å²) in [5.41, 5.74) is 5.51. The number of nitrogens with two attached hydrogens (primary N) is 1. The molecule has 2 heterocycles. The van der Waals surface area contributed by atoms with Crippen molar-refractivity contribution in [3.63, 3.8) is 0 Å². The van der Waals surface area contributed by atoms with Gasteiger partial charge in [0.05, 0.1) is 6.54 Å². The maximum absolute atomic E-state index is 12.2. The smallest absolute Gasteiger partial charge is 0.408 e. The fourth-order valence-corrected chi connectivity index (χ4v) is 2.09. The number of aryl methyl sites for hydroxylation is 1. The average molecular weight is 295 g/mol. The van der Waals surface area contributed by atoms with Gasteiger partial charge in [0, 0.05) is 13.1 Å². The zero-order valence-electron chi connectivity index (χ0n) is 12.5. The average Bonchev–Trinajstić information content (AvgIpc) is 2.70. The number of anilines is 2. The number of alkyl carbamates (subject to hydrolysis) is 1. The summed E-state index contributed by atoms with van der Waals surface area (Å²) in [7, 11) is 0. The number of nitrogens with one attached hydrogen (secondary N) is 2. The molecule has 0 aliphatic carbocycles. The van der Waals surface area contributed by atoms with Crippen molar-refractivity contribution >= 4 is 23.5 Å². The van der Waals surface area contributed by atoms with Crippen LogP contribution in [0.15, 0.2) is 0 Å². The van der Waals surface area contributed by atoms with Crippen LogP contribution in [-0.4, -0.2) is 40.3 Å². The van der Waals surface area contributed by atoms with Crippen LogP contribution < -0.4 is 16.4 Å². The van der Waals surface area contributed by atoms with Crippen LogP contribution in [0.5, 0.6) is 0 Å². The van der Waals surface area contributed by atoms with Crippen LogP contribution in [0.3, 0.4) is 0 Å². The van der Waals surface area contributed by atoms with Crippen LogP contribution in [0.25, 0.3) is 0 Å². The van der Waals surface area contributed by atoms with Crippen LogP contribution in [0.1, 0.15) is 37.6 Å². The quantitative estimate of drug-likeness (QED) is 0.717. The van der Waals surface area contributed by atoms with Gasteiger partial charge in [-0.3, -0.25) is 4.79 Å². The second-order valence-electron chi connectivity index (χ2n) is 5.89. The summed E-state index contributed by atoms with van der Waals surface area (Å²) in [6, 6.07) is 0. The number of hydrogen-bond acceptors (Lipinski definition) is 6. The lowest BCUT2D eigenvalue weighted by Gasteiger charge is -2.19. The Labute approximate surface area is 123 Å². The normalized spacial score (nSPS) is 14.0. The predicted molar refractivity (Wildman–Crippen MR) is 78.3 cm³/mol. The van der Waals surface area contributed by atoms with Gasteiger partial charge >= 0.3 is 6.09 Å². The van der Waals surface area contributed by atoms with Gasteiger partial charge in [-0.2, -0.15) is 5.10 Å². The van der Waals surface area contributed by atoms with Crippen molar-refractivity contribution in [2.45, 2.75) is 39.3 Å². The predicted octanol–water partition coefficient (Wildman–Crippen LogP) is 0.988. The molecule has 116 valence electrons. The van der Waals surface area contributed by atoms with Crippen molar-refractivity contribution in [2.24, 2.45) is 0 Å². The molecule has 0 aromatic carbocycles. The van der Waals surface area contributed by atoms with E-state index in [9.17, 15) is 9.59 Å². The van der Waals surface area contributed by atoms with Crippen molar-refractivity contribution in [3.05, 3.63) is 5.56 Å². The van der Waals surface area contributed by atoms with Gasteiger partial charge < -0.3 is 21.1 Å². The van der Waals surface area contributed by atoms with E-state index >= 15 is 0 Å². The van der Waals surface area contributed by atoms with Crippen LogP contribution in [0.4, 0.5) is 16.4 Å². The van der Waals surface area contributed by atoms with E-state index in [4.69, 9.17) is 10.5 Å². The summed E-state index contributed by atoms with van der Waals surface area (Å²) >= 11 is 0. The van der Waals surface area contributed by atoms with Gasteiger partial charge in [0.1, 0.15) is 17.0 Å². The van der Waals surface area contributed by atoms with Crippen molar-refractivity contribution in [2.75, 3.05) is 24.1 Å². The monoisotopic (exact) mass is 295 g/mol. The lowest BCUT2D eigenvalue weighted by atomic mass is 10.1. The third kappa shape index (κ3) is 3.65. The molecule has 8 nitrogen and oxygen atoms in total. The maximum Gasteiger partial charge on any atom is 0.408 e. The molecule has 1 aromatic heterocycles. The van der Waals surface area contributed by atoms with Crippen molar-refractivity contribution in [1.82, 2.24) is 15.1 Å². The molecule has 1 aromatic rings. The first-order chi connectivity index (χ1) is 9.78. The van der Waals surface area contributed by atoms with E-state index in [2.05, 4.69) is 15.7 Å². The van der Waals surface area contributed by atoms with Crippen molar-refractivity contribution < 1.29 is 14.3 Å². The van der Waals surface area contributed by atoms with Gasteiger partial charge in [0.2, 0.25) is 0 Å². The fraction of sp³-hybridized carbons (Fsp3) is 0.615. The second-order valence-corrected chi connectivity index (χ2v) is 5.89. The minimum Gasteiger partial charge on any atom is -0.444 e. The standard InChI is InChI=1S/C13H21N5O3/c1-13(2,3)21-12(20)16-7-8(19)9-10(14)17-18-6-4-5-15-11(9)18/h15H,4-7H2,1-3H3,(H2,14,17)(H,16,20). The van der Waals surface area contributed by atoms with E-state index < -0.39 is 11.7 Å². The summed E-state index contributed by atoms with van der Waals surface area (Å²) in [6.07, 6.45) is 0.293. The van der Waals surface area contributed by atoms with E-state index in [0.29, 0.717) is 11.4 Å². The highest BCUT2D eigenvalue weighted by molar-refractivity contribution is 6.06. The number of nitrogen functional groups attached to an aromatic ring is 1. The topological polar surface area (TPSA) is 111 Å². The number of ketones is 1. The molecule has 0 saturated carbocycles. The van der Waals surface area contributed by atoms with E-state index in [1.54, 1.807) is 25.5 Å². The number of amides is 1. The van der Waals surface area contributed by atoms with Crippen LogP contribution in [0.2, 0.25) is 0 Å². The lowest BCUT2D eigenvalue weighted by Crippen LogP contribution is -2.35. The minimum absolute atomic E-state index is 0.176.